The molecule has 2 nitrogen and oxygen atoms in total. The molecule has 0 spiro atoms. The Kier molecular flexibility index (Phi) is 6.14. The second-order valence-electron chi connectivity index (χ2n) is 5.69. The topological polar surface area (TPSA) is 35.2 Å². The molecule has 1 rings (SSSR count). The molecule has 0 aromatic heterocycles. The fraction of sp³-hybridized carbons (Fsp3) is 0.600. The second kappa shape index (κ2) is 7.15. The summed E-state index contributed by atoms with van der Waals surface area (Å²) in [4.78, 5) is 0. The predicted molar refractivity (Wildman–Crippen MR) is 81.8 cm³/mol. The molecule has 0 bridgehead atoms. The summed E-state index contributed by atoms with van der Waals surface area (Å²) in [7, 11) is 0. The third kappa shape index (κ3) is 5.41. The highest BCUT2D eigenvalue weighted by molar-refractivity contribution is 7.97. The van der Waals surface area contributed by atoms with Crippen LogP contribution < -0.4 is 10.5 Å². The fourth-order valence-corrected chi connectivity index (χ4v) is 2.18. The molecule has 0 saturated heterocycles. The molecule has 0 amide bonds. The Labute approximate surface area is 119 Å². The first kappa shape index (κ1) is 16.3. The van der Waals surface area contributed by atoms with Crippen molar-refractivity contribution in [3.63, 3.8) is 0 Å². The summed E-state index contributed by atoms with van der Waals surface area (Å²) in [5.74, 6) is 1.66. The van der Waals surface area contributed by atoms with Crippen LogP contribution in [0.25, 0.3) is 0 Å². The van der Waals surface area contributed by atoms with E-state index in [0.717, 1.165) is 11.5 Å². The maximum Gasteiger partial charge on any atom is 0.146 e. The van der Waals surface area contributed by atoms with E-state index >= 15 is 0 Å². The molecular weight excluding hydrogens is 261 g/mol. The molecule has 19 heavy (non-hydrogen) atoms. The van der Waals surface area contributed by atoms with Gasteiger partial charge in [0, 0.05) is 12.3 Å². The standard InChI is InChI=1S/C15H24FNOS/c1-15(2,3)12-5-11(10-19-4)6-14(7-12)18-9-13(16)8-17/h5-7,13H,8-10,17H2,1-4H3/t13-/m1/s1. The van der Waals surface area contributed by atoms with Crippen LogP contribution in [0.15, 0.2) is 18.2 Å². The molecule has 0 fully saturated rings. The average molecular weight is 285 g/mol. The van der Waals surface area contributed by atoms with Crippen LogP contribution in [0.5, 0.6) is 5.75 Å². The van der Waals surface area contributed by atoms with E-state index in [2.05, 4.69) is 33.1 Å². The zero-order valence-electron chi connectivity index (χ0n) is 12.2. The Morgan fingerprint density at radius 1 is 1.32 bits per heavy atom. The molecule has 1 aromatic carbocycles. The van der Waals surface area contributed by atoms with Gasteiger partial charge in [-0.2, -0.15) is 11.8 Å². The van der Waals surface area contributed by atoms with Crippen molar-refractivity contribution in [3.8, 4) is 5.75 Å². The largest absolute Gasteiger partial charge is 0.490 e. The smallest absolute Gasteiger partial charge is 0.146 e. The predicted octanol–water partition coefficient (Wildman–Crippen LogP) is 3.52. The molecule has 1 aromatic rings. The van der Waals surface area contributed by atoms with Gasteiger partial charge >= 0.3 is 0 Å². The van der Waals surface area contributed by atoms with Crippen LogP contribution in [0.2, 0.25) is 0 Å². The van der Waals surface area contributed by atoms with Gasteiger partial charge in [-0.3, -0.25) is 0 Å². The molecule has 0 aliphatic heterocycles. The fourth-order valence-electron chi connectivity index (χ4n) is 1.68. The Bertz CT molecular complexity index is 404. The highest BCUT2D eigenvalue weighted by Crippen LogP contribution is 2.29. The number of halogens is 1. The van der Waals surface area contributed by atoms with Crippen molar-refractivity contribution >= 4 is 11.8 Å². The minimum absolute atomic E-state index is 0.00334. The third-order valence-electron chi connectivity index (χ3n) is 2.83. The van der Waals surface area contributed by atoms with E-state index in [1.165, 1.54) is 11.1 Å². The summed E-state index contributed by atoms with van der Waals surface area (Å²) < 4.78 is 18.7. The number of ether oxygens (including phenoxy) is 1. The number of hydrogen-bond acceptors (Lipinski definition) is 3. The maximum atomic E-state index is 13.1. The zero-order valence-corrected chi connectivity index (χ0v) is 13.0. The van der Waals surface area contributed by atoms with Gasteiger partial charge < -0.3 is 10.5 Å². The summed E-state index contributed by atoms with van der Waals surface area (Å²) in [6.45, 7) is 6.49. The Morgan fingerprint density at radius 2 is 2.00 bits per heavy atom. The van der Waals surface area contributed by atoms with E-state index in [-0.39, 0.29) is 18.6 Å². The minimum Gasteiger partial charge on any atom is -0.490 e. The van der Waals surface area contributed by atoms with Crippen LogP contribution in [0.3, 0.4) is 0 Å². The Balaban J connectivity index is 2.93. The van der Waals surface area contributed by atoms with Gasteiger partial charge in [0.15, 0.2) is 0 Å². The van der Waals surface area contributed by atoms with Gasteiger partial charge in [0.1, 0.15) is 18.5 Å². The SMILES string of the molecule is CSCc1cc(OC[C@H](F)CN)cc(C(C)(C)C)c1. The lowest BCUT2D eigenvalue weighted by Crippen LogP contribution is -2.22. The molecule has 0 radical (unpaired) electrons. The maximum absolute atomic E-state index is 13.1. The Morgan fingerprint density at radius 3 is 2.53 bits per heavy atom. The molecule has 1 atom stereocenters. The first-order valence-electron chi connectivity index (χ1n) is 6.47. The van der Waals surface area contributed by atoms with Crippen LogP contribution in [0.1, 0.15) is 31.9 Å². The molecule has 0 aliphatic rings. The van der Waals surface area contributed by atoms with Gasteiger partial charge in [0.2, 0.25) is 0 Å². The lowest BCUT2D eigenvalue weighted by molar-refractivity contribution is 0.201. The van der Waals surface area contributed by atoms with E-state index in [0.29, 0.717) is 0 Å². The third-order valence-corrected chi connectivity index (χ3v) is 3.45. The number of nitrogens with two attached hydrogens (primary N) is 1. The molecular formula is C15H24FNOS. The van der Waals surface area contributed by atoms with Crippen molar-refractivity contribution in [2.45, 2.75) is 38.1 Å². The molecule has 108 valence electrons. The highest BCUT2D eigenvalue weighted by atomic mass is 32.2. The summed E-state index contributed by atoms with van der Waals surface area (Å²) in [6.07, 6.45) is 0.957. The van der Waals surface area contributed by atoms with Gasteiger partial charge in [-0.1, -0.05) is 26.8 Å². The summed E-state index contributed by atoms with van der Waals surface area (Å²) in [6, 6.07) is 6.17. The first-order valence-corrected chi connectivity index (χ1v) is 7.86. The molecule has 0 unspecified atom stereocenters. The van der Waals surface area contributed by atoms with Crippen molar-refractivity contribution in [1.29, 1.82) is 0 Å². The zero-order chi connectivity index (χ0) is 14.5. The number of hydrogen-bond donors (Lipinski definition) is 1. The molecule has 0 heterocycles. The van der Waals surface area contributed by atoms with E-state index in [1.807, 2.05) is 12.1 Å². The quantitative estimate of drug-likeness (QED) is 0.868. The lowest BCUT2D eigenvalue weighted by Gasteiger charge is -2.21. The van der Waals surface area contributed by atoms with E-state index in [1.54, 1.807) is 11.8 Å². The van der Waals surface area contributed by atoms with Gasteiger partial charge in [-0.25, -0.2) is 4.39 Å². The lowest BCUT2D eigenvalue weighted by atomic mass is 9.86. The summed E-state index contributed by atoms with van der Waals surface area (Å²) in [5, 5.41) is 0. The molecule has 2 N–H and O–H groups in total. The number of alkyl halides is 1. The van der Waals surface area contributed by atoms with Crippen molar-refractivity contribution in [3.05, 3.63) is 29.3 Å². The number of rotatable bonds is 6. The highest BCUT2D eigenvalue weighted by Gasteiger charge is 2.16. The van der Waals surface area contributed by atoms with Gasteiger partial charge in [-0.05, 0) is 34.9 Å². The average Bonchev–Trinajstić information content (AvgIpc) is 2.35. The normalized spacial score (nSPS) is 13.4. The van der Waals surface area contributed by atoms with Crippen molar-refractivity contribution in [2.75, 3.05) is 19.4 Å². The van der Waals surface area contributed by atoms with E-state index in [9.17, 15) is 4.39 Å². The summed E-state index contributed by atoms with van der Waals surface area (Å²) in [5.41, 5.74) is 7.72. The van der Waals surface area contributed by atoms with E-state index < -0.39 is 6.17 Å². The van der Waals surface area contributed by atoms with Crippen LogP contribution in [-0.4, -0.2) is 25.6 Å². The van der Waals surface area contributed by atoms with Gasteiger partial charge in [0.05, 0.1) is 0 Å². The first-order chi connectivity index (χ1) is 8.86. The molecule has 4 heteroatoms. The molecule has 0 aliphatic carbocycles. The Hall–Kier alpha value is -0.740. The van der Waals surface area contributed by atoms with E-state index in [4.69, 9.17) is 10.5 Å². The minimum atomic E-state index is -1.11. The van der Waals surface area contributed by atoms with Crippen LogP contribution in [0, 0.1) is 0 Å². The second-order valence-corrected chi connectivity index (χ2v) is 6.56. The number of thioether (sulfide) groups is 1. The van der Waals surface area contributed by atoms with Gasteiger partial charge in [-0.15, -0.1) is 0 Å². The monoisotopic (exact) mass is 285 g/mol. The van der Waals surface area contributed by atoms with Crippen molar-refractivity contribution < 1.29 is 9.13 Å². The van der Waals surface area contributed by atoms with Crippen molar-refractivity contribution in [1.82, 2.24) is 0 Å². The van der Waals surface area contributed by atoms with Gasteiger partial charge in [0.25, 0.3) is 0 Å². The van der Waals surface area contributed by atoms with Crippen LogP contribution in [0.4, 0.5) is 4.39 Å². The van der Waals surface area contributed by atoms with Crippen molar-refractivity contribution in [2.24, 2.45) is 5.73 Å². The molecule has 0 saturated carbocycles. The summed E-state index contributed by atoms with van der Waals surface area (Å²) >= 11 is 1.76. The van der Waals surface area contributed by atoms with Crippen LogP contribution >= 0.6 is 11.8 Å². The van der Waals surface area contributed by atoms with Crippen LogP contribution in [-0.2, 0) is 11.2 Å². The number of benzene rings is 1.